The predicted octanol–water partition coefficient (Wildman–Crippen LogP) is -0.363. The first-order valence-electron chi connectivity index (χ1n) is 8.28. The van der Waals surface area contributed by atoms with Crippen LogP contribution in [-0.2, 0) is 16.1 Å². The van der Waals surface area contributed by atoms with Crippen molar-refractivity contribution >= 4 is 23.4 Å². The number of imide groups is 1. The number of amides is 3. The van der Waals surface area contributed by atoms with Crippen LogP contribution in [0.1, 0.15) is 28.8 Å². The molecule has 1 fully saturated rings. The summed E-state index contributed by atoms with van der Waals surface area (Å²) < 4.78 is 5.83. The van der Waals surface area contributed by atoms with E-state index in [2.05, 4.69) is 5.32 Å². The van der Waals surface area contributed by atoms with Gasteiger partial charge in [-0.15, -0.1) is 0 Å². The summed E-state index contributed by atoms with van der Waals surface area (Å²) >= 11 is 0. The Morgan fingerprint density at radius 3 is 2.84 bits per heavy atom. The molecular weight excluding hydrogens is 326 g/mol. The summed E-state index contributed by atoms with van der Waals surface area (Å²) in [7, 11) is 1.88. The minimum Gasteiger partial charge on any atom is -0.489 e. The molecule has 2 atom stereocenters. The maximum Gasteiger partial charge on any atom is 0.255 e. The molecule has 3 aliphatic heterocycles. The van der Waals surface area contributed by atoms with E-state index < -0.39 is 11.9 Å². The first-order chi connectivity index (χ1) is 12.0. The molecule has 4 rings (SSSR count). The van der Waals surface area contributed by atoms with Crippen molar-refractivity contribution in [1.82, 2.24) is 10.2 Å². The third-order valence-electron chi connectivity index (χ3n) is 5.20. The van der Waals surface area contributed by atoms with Gasteiger partial charge < -0.3 is 19.6 Å². The van der Waals surface area contributed by atoms with E-state index in [-0.39, 0.29) is 37.4 Å². The van der Waals surface area contributed by atoms with Crippen molar-refractivity contribution in [2.45, 2.75) is 31.5 Å². The molecule has 3 aliphatic rings. The van der Waals surface area contributed by atoms with Crippen molar-refractivity contribution in [2.24, 2.45) is 0 Å². The molecule has 1 aromatic rings. The summed E-state index contributed by atoms with van der Waals surface area (Å²) in [4.78, 5) is 39.7. The van der Waals surface area contributed by atoms with E-state index in [1.165, 1.54) is 4.90 Å². The second-order valence-electron chi connectivity index (χ2n) is 6.60. The highest BCUT2D eigenvalue weighted by atomic mass is 16.5. The fraction of sp³-hybridized carbons (Fsp3) is 0.471. The highest BCUT2D eigenvalue weighted by molar-refractivity contribution is 6.06. The fourth-order valence-electron chi connectivity index (χ4n) is 3.70. The van der Waals surface area contributed by atoms with Crippen molar-refractivity contribution in [3.8, 4) is 5.75 Å². The van der Waals surface area contributed by atoms with Crippen LogP contribution in [0.2, 0.25) is 0 Å². The van der Waals surface area contributed by atoms with Crippen LogP contribution in [0.25, 0.3) is 0 Å². The summed E-state index contributed by atoms with van der Waals surface area (Å²) in [6, 6.07) is 2.78. The Hall–Kier alpha value is -2.61. The zero-order valence-corrected chi connectivity index (χ0v) is 13.8. The van der Waals surface area contributed by atoms with E-state index in [1.807, 2.05) is 18.0 Å². The number of likely N-dealkylation sites (N-methyl/N-ethyl adjacent to an activating group) is 1. The smallest absolute Gasteiger partial charge is 0.255 e. The summed E-state index contributed by atoms with van der Waals surface area (Å²) in [5.74, 6) is -0.317. The molecule has 25 heavy (non-hydrogen) atoms. The van der Waals surface area contributed by atoms with Crippen LogP contribution in [0.5, 0.6) is 5.75 Å². The molecule has 3 amide bonds. The van der Waals surface area contributed by atoms with Gasteiger partial charge in [-0.25, -0.2) is 0 Å². The van der Waals surface area contributed by atoms with Gasteiger partial charge in [0, 0.05) is 24.6 Å². The van der Waals surface area contributed by atoms with Crippen molar-refractivity contribution in [1.29, 1.82) is 0 Å². The zero-order chi connectivity index (χ0) is 17.7. The maximum absolute atomic E-state index is 12.8. The molecular formula is C17H19N3O5. The summed E-state index contributed by atoms with van der Waals surface area (Å²) in [5.41, 5.74) is 2.11. The largest absolute Gasteiger partial charge is 0.489 e. The molecule has 3 heterocycles. The average Bonchev–Trinajstić information content (AvgIpc) is 2.92. The van der Waals surface area contributed by atoms with Crippen molar-refractivity contribution in [3.05, 3.63) is 23.3 Å². The van der Waals surface area contributed by atoms with Crippen LogP contribution < -0.4 is 15.0 Å². The van der Waals surface area contributed by atoms with Crippen LogP contribution >= 0.6 is 0 Å². The van der Waals surface area contributed by atoms with Gasteiger partial charge in [0.15, 0.2) is 0 Å². The average molecular weight is 345 g/mol. The number of carbonyl (C=O) groups excluding carboxylic acids is 3. The van der Waals surface area contributed by atoms with Gasteiger partial charge in [0.25, 0.3) is 5.91 Å². The molecule has 132 valence electrons. The van der Waals surface area contributed by atoms with Crippen molar-refractivity contribution in [2.75, 3.05) is 25.2 Å². The number of nitrogens with zero attached hydrogens (tertiary/aromatic N) is 2. The van der Waals surface area contributed by atoms with Gasteiger partial charge >= 0.3 is 0 Å². The SMILES string of the molecule is CN1c2ccc3c(c2OC[C@H]1CO)CN([C@H]1CCC(=O)NC1=O)C3=O. The number of nitrogens with one attached hydrogen (secondary N) is 1. The first-order valence-corrected chi connectivity index (χ1v) is 8.28. The van der Waals surface area contributed by atoms with Gasteiger partial charge in [-0.1, -0.05) is 0 Å². The van der Waals surface area contributed by atoms with Gasteiger partial charge in [-0.05, 0) is 18.6 Å². The Balaban J connectivity index is 1.66. The number of rotatable bonds is 2. The Morgan fingerprint density at radius 1 is 1.32 bits per heavy atom. The normalized spacial score (nSPS) is 25.4. The van der Waals surface area contributed by atoms with E-state index in [9.17, 15) is 19.5 Å². The molecule has 1 aromatic carbocycles. The number of hydrogen-bond acceptors (Lipinski definition) is 6. The number of anilines is 1. The molecule has 0 radical (unpaired) electrons. The first kappa shape index (κ1) is 15.9. The standard InChI is InChI=1S/C17H19N3O5/c1-19-9(7-21)8-25-15-11-6-20(13-4-5-14(22)18-16(13)23)17(24)10(11)2-3-12(15)19/h2-3,9,13,21H,4-8H2,1H3,(H,18,22,23)/t9-,13+/m1/s1. The number of carbonyl (C=O) groups is 3. The molecule has 1 saturated heterocycles. The Labute approximate surface area is 144 Å². The Morgan fingerprint density at radius 2 is 2.12 bits per heavy atom. The molecule has 0 unspecified atom stereocenters. The lowest BCUT2D eigenvalue weighted by Crippen LogP contribution is -2.52. The monoisotopic (exact) mass is 345 g/mol. The molecule has 0 spiro atoms. The number of aliphatic hydroxyl groups is 1. The molecule has 0 saturated carbocycles. The number of hydrogen-bond donors (Lipinski definition) is 2. The van der Waals surface area contributed by atoms with Gasteiger partial charge in [0.05, 0.1) is 24.9 Å². The van der Waals surface area contributed by atoms with E-state index in [0.717, 1.165) is 11.3 Å². The van der Waals surface area contributed by atoms with Crippen LogP contribution in [0.4, 0.5) is 5.69 Å². The van der Waals surface area contributed by atoms with E-state index in [0.29, 0.717) is 24.3 Å². The predicted molar refractivity (Wildman–Crippen MR) is 87.3 cm³/mol. The molecule has 8 heteroatoms. The van der Waals surface area contributed by atoms with Gasteiger partial charge in [-0.2, -0.15) is 0 Å². The lowest BCUT2D eigenvalue weighted by atomic mass is 10.0. The summed E-state index contributed by atoms with van der Waals surface area (Å²) in [6.45, 7) is 0.596. The second-order valence-corrected chi connectivity index (χ2v) is 6.60. The number of ether oxygens (including phenoxy) is 1. The molecule has 8 nitrogen and oxygen atoms in total. The lowest BCUT2D eigenvalue weighted by Gasteiger charge is -2.35. The maximum atomic E-state index is 12.8. The Kier molecular flexibility index (Phi) is 3.64. The van der Waals surface area contributed by atoms with Crippen LogP contribution in [-0.4, -0.2) is 60.1 Å². The molecule has 2 N–H and O–H groups in total. The molecule has 0 bridgehead atoms. The minimum absolute atomic E-state index is 0.0195. The Bertz CT molecular complexity index is 778. The van der Waals surface area contributed by atoms with E-state index in [1.54, 1.807) is 6.07 Å². The van der Waals surface area contributed by atoms with Gasteiger partial charge in [0.1, 0.15) is 18.4 Å². The summed E-state index contributed by atoms with van der Waals surface area (Å²) in [5, 5.41) is 11.7. The third-order valence-corrected chi connectivity index (χ3v) is 5.20. The highest BCUT2D eigenvalue weighted by Crippen LogP contribution is 2.42. The van der Waals surface area contributed by atoms with Gasteiger partial charge in [0.2, 0.25) is 11.8 Å². The lowest BCUT2D eigenvalue weighted by molar-refractivity contribution is -0.136. The van der Waals surface area contributed by atoms with Crippen molar-refractivity contribution in [3.63, 3.8) is 0 Å². The zero-order valence-electron chi connectivity index (χ0n) is 13.8. The highest BCUT2D eigenvalue weighted by Gasteiger charge is 2.41. The molecule has 0 aromatic heterocycles. The van der Waals surface area contributed by atoms with Crippen LogP contribution in [0.3, 0.4) is 0 Å². The van der Waals surface area contributed by atoms with Gasteiger partial charge in [-0.3, -0.25) is 19.7 Å². The number of fused-ring (bicyclic) bond motifs is 3. The quantitative estimate of drug-likeness (QED) is 0.710. The molecule has 0 aliphatic carbocycles. The summed E-state index contributed by atoms with van der Waals surface area (Å²) in [6.07, 6.45) is 0.561. The number of piperidine rings is 1. The third kappa shape index (κ3) is 2.36. The van der Waals surface area contributed by atoms with Crippen LogP contribution in [0.15, 0.2) is 12.1 Å². The number of aliphatic hydroxyl groups excluding tert-OH is 1. The fourth-order valence-corrected chi connectivity index (χ4v) is 3.70. The van der Waals surface area contributed by atoms with Crippen LogP contribution in [0, 0.1) is 0 Å². The van der Waals surface area contributed by atoms with E-state index >= 15 is 0 Å². The topological polar surface area (TPSA) is 99.2 Å². The second kappa shape index (κ2) is 5.73. The van der Waals surface area contributed by atoms with Crippen molar-refractivity contribution < 1.29 is 24.2 Å². The number of benzene rings is 1. The minimum atomic E-state index is -0.639. The van der Waals surface area contributed by atoms with E-state index in [4.69, 9.17) is 4.74 Å².